The first-order valence-corrected chi connectivity index (χ1v) is 11.9. The molecule has 0 aromatic heterocycles. The van der Waals surface area contributed by atoms with E-state index in [2.05, 4.69) is 5.32 Å². The molecule has 1 aromatic rings. The standard InChI is InChI=1S/C23H29Cl2N3O5/c24-11-14-27(15-12-25)18-7-5-17(6-8-18)16-19(23(32)33)26-20(29)4-2-1-3-13-28-21(30)9-10-22(28)31/h5-10,19H,1-4,11-16H2,(H,26,29)(H,32,33). The maximum Gasteiger partial charge on any atom is 0.326 e. The van der Waals surface area contributed by atoms with E-state index in [1.807, 2.05) is 29.2 Å². The number of amides is 3. The topological polar surface area (TPSA) is 107 Å². The first-order chi connectivity index (χ1) is 15.8. The molecule has 1 unspecified atom stereocenters. The first-order valence-electron chi connectivity index (χ1n) is 10.9. The summed E-state index contributed by atoms with van der Waals surface area (Å²) in [5.74, 6) is -1.14. The number of anilines is 1. The number of hydrogen-bond acceptors (Lipinski definition) is 5. The molecule has 2 rings (SSSR count). The molecular formula is C23H29Cl2N3O5. The van der Waals surface area contributed by atoms with Crippen LogP contribution in [0.25, 0.3) is 0 Å². The fourth-order valence-corrected chi connectivity index (χ4v) is 3.91. The second kappa shape index (κ2) is 13.9. The molecule has 2 N–H and O–H groups in total. The second-order valence-electron chi connectivity index (χ2n) is 7.67. The van der Waals surface area contributed by atoms with Gasteiger partial charge in [-0.3, -0.25) is 19.3 Å². The number of carbonyl (C=O) groups is 4. The molecule has 0 saturated carbocycles. The van der Waals surface area contributed by atoms with Crippen molar-refractivity contribution in [1.29, 1.82) is 0 Å². The van der Waals surface area contributed by atoms with E-state index in [0.717, 1.165) is 16.2 Å². The van der Waals surface area contributed by atoms with E-state index in [-0.39, 0.29) is 30.6 Å². The Morgan fingerprint density at radius 3 is 2.12 bits per heavy atom. The molecule has 1 aliphatic heterocycles. The summed E-state index contributed by atoms with van der Waals surface area (Å²) in [5.41, 5.74) is 1.74. The van der Waals surface area contributed by atoms with Gasteiger partial charge in [-0.05, 0) is 30.5 Å². The number of hydrogen-bond donors (Lipinski definition) is 2. The van der Waals surface area contributed by atoms with Crippen LogP contribution in [0.5, 0.6) is 0 Å². The highest BCUT2D eigenvalue weighted by Crippen LogP contribution is 2.17. The van der Waals surface area contributed by atoms with Crippen molar-refractivity contribution in [2.75, 3.05) is 36.3 Å². The zero-order valence-corrected chi connectivity index (χ0v) is 19.9. The predicted octanol–water partition coefficient (Wildman–Crippen LogP) is 2.57. The van der Waals surface area contributed by atoms with E-state index in [1.54, 1.807) is 0 Å². The largest absolute Gasteiger partial charge is 0.480 e. The van der Waals surface area contributed by atoms with E-state index in [1.165, 1.54) is 12.2 Å². The molecule has 0 bridgehead atoms. The number of aliphatic carboxylic acids is 1. The number of carboxylic acids is 1. The Balaban J connectivity index is 1.77. The minimum Gasteiger partial charge on any atom is -0.480 e. The van der Waals surface area contributed by atoms with Crippen molar-refractivity contribution in [3.8, 4) is 0 Å². The normalized spacial score (nSPS) is 13.9. The van der Waals surface area contributed by atoms with Gasteiger partial charge in [-0.2, -0.15) is 0 Å². The highest BCUT2D eigenvalue weighted by atomic mass is 35.5. The average molecular weight is 498 g/mol. The van der Waals surface area contributed by atoms with Crippen LogP contribution in [0.3, 0.4) is 0 Å². The molecule has 10 heteroatoms. The van der Waals surface area contributed by atoms with Crippen LogP contribution in [0.1, 0.15) is 31.2 Å². The summed E-state index contributed by atoms with van der Waals surface area (Å²) in [6.45, 7) is 1.62. The molecule has 1 atom stereocenters. The summed E-state index contributed by atoms with van der Waals surface area (Å²) in [6, 6.07) is 6.42. The van der Waals surface area contributed by atoms with Crippen LogP contribution in [0.2, 0.25) is 0 Å². The highest BCUT2D eigenvalue weighted by Gasteiger charge is 2.23. The molecule has 33 heavy (non-hydrogen) atoms. The molecule has 0 aliphatic carbocycles. The van der Waals surface area contributed by atoms with E-state index < -0.39 is 12.0 Å². The summed E-state index contributed by atoms with van der Waals surface area (Å²) < 4.78 is 0. The van der Waals surface area contributed by atoms with Crippen molar-refractivity contribution < 1.29 is 24.3 Å². The number of alkyl halides is 2. The zero-order chi connectivity index (χ0) is 24.2. The van der Waals surface area contributed by atoms with Crippen LogP contribution < -0.4 is 10.2 Å². The van der Waals surface area contributed by atoms with Crippen molar-refractivity contribution in [1.82, 2.24) is 10.2 Å². The smallest absolute Gasteiger partial charge is 0.326 e. The van der Waals surface area contributed by atoms with Gasteiger partial charge in [0, 0.05) is 62.1 Å². The third-order valence-corrected chi connectivity index (χ3v) is 5.61. The molecule has 1 aliphatic rings. The van der Waals surface area contributed by atoms with Crippen molar-refractivity contribution in [2.24, 2.45) is 0 Å². The van der Waals surface area contributed by atoms with Gasteiger partial charge in [-0.25, -0.2) is 4.79 Å². The van der Waals surface area contributed by atoms with Gasteiger partial charge in [0.05, 0.1) is 0 Å². The Kier molecular flexibility index (Phi) is 11.2. The second-order valence-corrected chi connectivity index (χ2v) is 8.42. The Bertz CT molecular complexity index is 836. The average Bonchev–Trinajstić information content (AvgIpc) is 3.11. The van der Waals surface area contributed by atoms with Crippen molar-refractivity contribution in [3.63, 3.8) is 0 Å². The Morgan fingerprint density at radius 1 is 0.970 bits per heavy atom. The van der Waals surface area contributed by atoms with E-state index in [9.17, 15) is 24.3 Å². The monoisotopic (exact) mass is 497 g/mol. The summed E-state index contributed by atoms with van der Waals surface area (Å²) in [5, 5.41) is 12.1. The Hall–Kier alpha value is -2.58. The first kappa shape index (κ1) is 26.7. The SMILES string of the molecule is O=C(CCCCCN1C(=O)C=CC1=O)NC(Cc1ccc(N(CCCl)CCCl)cc1)C(=O)O. The van der Waals surface area contributed by atoms with Crippen LogP contribution in [0.15, 0.2) is 36.4 Å². The molecule has 0 fully saturated rings. The van der Waals surface area contributed by atoms with Gasteiger partial charge in [0.2, 0.25) is 5.91 Å². The molecule has 8 nitrogen and oxygen atoms in total. The van der Waals surface area contributed by atoms with Gasteiger partial charge in [-0.1, -0.05) is 18.6 Å². The third kappa shape index (κ3) is 8.70. The molecule has 0 spiro atoms. The molecule has 0 radical (unpaired) electrons. The Labute approximate surface area is 203 Å². The number of nitrogens with zero attached hydrogens (tertiary/aromatic N) is 2. The van der Waals surface area contributed by atoms with E-state index in [0.29, 0.717) is 50.7 Å². The number of rotatable bonds is 15. The number of imide groups is 1. The molecule has 1 heterocycles. The van der Waals surface area contributed by atoms with E-state index in [4.69, 9.17) is 23.2 Å². The minimum atomic E-state index is -1.10. The highest BCUT2D eigenvalue weighted by molar-refractivity contribution is 6.18. The maximum atomic E-state index is 12.2. The molecule has 180 valence electrons. The maximum absolute atomic E-state index is 12.2. The minimum absolute atomic E-state index is 0.165. The molecule has 0 saturated heterocycles. The number of nitrogens with one attached hydrogen (secondary N) is 1. The number of benzene rings is 1. The number of halogens is 2. The van der Waals surface area contributed by atoms with Gasteiger partial charge >= 0.3 is 5.97 Å². The third-order valence-electron chi connectivity index (χ3n) is 5.27. The lowest BCUT2D eigenvalue weighted by Crippen LogP contribution is -2.42. The van der Waals surface area contributed by atoms with Crippen LogP contribution in [-0.2, 0) is 25.6 Å². The van der Waals surface area contributed by atoms with Gasteiger partial charge in [0.15, 0.2) is 0 Å². The predicted molar refractivity (Wildman–Crippen MR) is 128 cm³/mol. The molecule has 3 amide bonds. The van der Waals surface area contributed by atoms with Crippen LogP contribution in [0, 0.1) is 0 Å². The summed E-state index contributed by atoms with van der Waals surface area (Å²) in [4.78, 5) is 50.1. The summed E-state index contributed by atoms with van der Waals surface area (Å²) in [6.07, 6.45) is 4.59. The fraction of sp³-hybridized carbons (Fsp3) is 0.478. The number of unbranched alkanes of at least 4 members (excludes halogenated alkanes) is 2. The van der Waals surface area contributed by atoms with Gasteiger partial charge < -0.3 is 15.3 Å². The van der Waals surface area contributed by atoms with Crippen molar-refractivity contribution in [3.05, 3.63) is 42.0 Å². The summed E-state index contributed by atoms with van der Waals surface area (Å²) >= 11 is 11.7. The van der Waals surface area contributed by atoms with Gasteiger partial charge in [0.25, 0.3) is 11.8 Å². The Morgan fingerprint density at radius 2 is 1.58 bits per heavy atom. The zero-order valence-electron chi connectivity index (χ0n) is 18.3. The lowest BCUT2D eigenvalue weighted by molar-refractivity contribution is -0.141. The fourth-order valence-electron chi connectivity index (χ4n) is 3.50. The van der Waals surface area contributed by atoms with Crippen molar-refractivity contribution >= 4 is 52.6 Å². The van der Waals surface area contributed by atoms with Crippen LogP contribution >= 0.6 is 23.2 Å². The summed E-state index contributed by atoms with van der Waals surface area (Å²) in [7, 11) is 0. The van der Waals surface area contributed by atoms with E-state index >= 15 is 0 Å². The lowest BCUT2D eigenvalue weighted by Gasteiger charge is -2.23. The van der Waals surface area contributed by atoms with Crippen molar-refractivity contribution in [2.45, 2.75) is 38.1 Å². The number of carbonyl (C=O) groups excluding carboxylic acids is 3. The quantitative estimate of drug-likeness (QED) is 0.219. The molecular weight excluding hydrogens is 469 g/mol. The molecule has 1 aromatic carbocycles. The number of carboxylic acid groups (broad SMARTS) is 1. The lowest BCUT2D eigenvalue weighted by atomic mass is 10.0. The van der Waals surface area contributed by atoms with Gasteiger partial charge in [0.1, 0.15) is 6.04 Å². The van der Waals surface area contributed by atoms with Gasteiger partial charge in [-0.15, -0.1) is 23.2 Å². The van der Waals surface area contributed by atoms with Crippen LogP contribution in [-0.4, -0.2) is 71.1 Å². The van der Waals surface area contributed by atoms with Crippen LogP contribution in [0.4, 0.5) is 5.69 Å².